The zero-order valence-electron chi connectivity index (χ0n) is 9.83. The van der Waals surface area contributed by atoms with E-state index in [9.17, 15) is 9.18 Å². The lowest BCUT2D eigenvalue weighted by molar-refractivity contribution is -0.120. The maximum Gasteiger partial charge on any atom is 0.228 e. The van der Waals surface area contributed by atoms with Crippen molar-refractivity contribution in [3.05, 3.63) is 21.7 Å². The average Bonchev–Trinajstić information content (AvgIpc) is 2.34. The van der Waals surface area contributed by atoms with Crippen LogP contribution in [0.3, 0.4) is 0 Å². The molecule has 0 aliphatic heterocycles. The number of aromatic nitrogens is 1. The molecule has 2 rings (SSSR count). The topological polar surface area (TPSA) is 68.0 Å². The summed E-state index contributed by atoms with van der Waals surface area (Å²) in [5.41, 5.74) is 5.85. The molecule has 2 atom stereocenters. The van der Waals surface area contributed by atoms with Crippen LogP contribution in [0.5, 0.6) is 0 Å². The lowest BCUT2D eigenvalue weighted by Crippen LogP contribution is -2.34. The second kappa shape index (κ2) is 5.92. The molecule has 98 valence electrons. The Morgan fingerprint density at radius 2 is 2.33 bits per heavy atom. The van der Waals surface area contributed by atoms with Crippen LogP contribution in [-0.2, 0) is 4.79 Å². The normalized spacial score (nSPS) is 23.7. The van der Waals surface area contributed by atoms with Gasteiger partial charge in [0.1, 0.15) is 5.82 Å². The third kappa shape index (κ3) is 3.38. The first kappa shape index (κ1) is 13.7. The molecule has 1 heterocycles. The molecule has 1 fully saturated rings. The number of hydrogen-bond donors (Lipinski definition) is 2. The van der Waals surface area contributed by atoms with E-state index >= 15 is 0 Å². The highest BCUT2D eigenvalue weighted by Gasteiger charge is 2.25. The molecule has 1 aliphatic rings. The highest BCUT2D eigenvalue weighted by atomic mass is 127. The molecule has 6 heteroatoms. The molecule has 1 aromatic rings. The number of carbonyl (C=O) groups is 1. The van der Waals surface area contributed by atoms with Crippen LogP contribution in [0.25, 0.3) is 0 Å². The molecule has 0 bridgehead atoms. The Hall–Kier alpha value is -0.760. The van der Waals surface area contributed by atoms with Gasteiger partial charge < -0.3 is 11.1 Å². The van der Waals surface area contributed by atoms with E-state index in [1.165, 1.54) is 6.07 Å². The Morgan fingerprint density at radius 1 is 1.56 bits per heavy atom. The van der Waals surface area contributed by atoms with Crippen LogP contribution in [0.2, 0.25) is 0 Å². The summed E-state index contributed by atoms with van der Waals surface area (Å²) in [5.74, 6) is -0.114. The Bertz CT molecular complexity index is 455. The molecule has 3 N–H and O–H groups in total. The van der Waals surface area contributed by atoms with E-state index in [4.69, 9.17) is 5.73 Å². The molecule has 0 spiro atoms. The Balaban J connectivity index is 2.00. The summed E-state index contributed by atoms with van der Waals surface area (Å²) in [5, 5.41) is 2.72. The van der Waals surface area contributed by atoms with Crippen LogP contribution in [0.4, 0.5) is 10.2 Å². The zero-order valence-corrected chi connectivity index (χ0v) is 12.0. The van der Waals surface area contributed by atoms with E-state index in [-0.39, 0.29) is 23.7 Å². The van der Waals surface area contributed by atoms with Gasteiger partial charge in [0.15, 0.2) is 5.82 Å². The maximum absolute atomic E-state index is 13.0. The van der Waals surface area contributed by atoms with Crippen molar-refractivity contribution in [3.63, 3.8) is 0 Å². The van der Waals surface area contributed by atoms with Crippen molar-refractivity contribution in [2.45, 2.75) is 31.7 Å². The van der Waals surface area contributed by atoms with Crippen LogP contribution >= 0.6 is 22.6 Å². The first-order valence-electron chi connectivity index (χ1n) is 5.93. The third-order valence-electron chi connectivity index (χ3n) is 3.15. The largest absolute Gasteiger partial charge is 0.328 e. The SMILES string of the molecule is N[C@@H]1CCC[C@H](C(=O)Nc2cc(I)c(F)cn2)C1. The monoisotopic (exact) mass is 363 g/mol. The van der Waals surface area contributed by atoms with E-state index in [1.807, 2.05) is 22.6 Å². The van der Waals surface area contributed by atoms with Crippen LogP contribution < -0.4 is 11.1 Å². The van der Waals surface area contributed by atoms with Crippen LogP contribution in [0.15, 0.2) is 12.3 Å². The molecule has 4 nitrogen and oxygen atoms in total. The molecular formula is C12H15FIN3O. The van der Waals surface area contributed by atoms with E-state index in [1.54, 1.807) is 0 Å². The summed E-state index contributed by atoms with van der Waals surface area (Å²) in [6.07, 6.45) is 4.65. The van der Waals surface area contributed by atoms with Gasteiger partial charge in [-0.3, -0.25) is 4.79 Å². The molecule has 1 saturated carbocycles. The molecule has 0 unspecified atom stereocenters. The van der Waals surface area contributed by atoms with Crippen molar-refractivity contribution in [1.82, 2.24) is 4.98 Å². The summed E-state index contributed by atoms with van der Waals surface area (Å²) in [4.78, 5) is 15.9. The second-order valence-corrected chi connectivity index (χ2v) is 5.76. The number of amides is 1. The summed E-state index contributed by atoms with van der Waals surface area (Å²) in [6.45, 7) is 0. The van der Waals surface area contributed by atoms with Gasteiger partial charge in [-0.05, 0) is 47.9 Å². The number of nitrogens with zero attached hydrogens (tertiary/aromatic N) is 1. The molecule has 0 radical (unpaired) electrons. The smallest absolute Gasteiger partial charge is 0.228 e. The van der Waals surface area contributed by atoms with E-state index in [2.05, 4.69) is 10.3 Å². The molecule has 18 heavy (non-hydrogen) atoms. The number of halogens is 2. The number of rotatable bonds is 2. The number of nitrogens with two attached hydrogens (primary N) is 1. The van der Waals surface area contributed by atoms with Gasteiger partial charge in [0, 0.05) is 12.0 Å². The molecule has 0 saturated heterocycles. The van der Waals surface area contributed by atoms with Crippen molar-refractivity contribution in [3.8, 4) is 0 Å². The van der Waals surface area contributed by atoms with Crippen molar-refractivity contribution in [2.24, 2.45) is 11.7 Å². The molecule has 1 amide bonds. The first-order valence-corrected chi connectivity index (χ1v) is 7.01. The number of hydrogen-bond acceptors (Lipinski definition) is 3. The summed E-state index contributed by atoms with van der Waals surface area (Å²) < 4.78 is 13.5. The van der Waals surface area contributed by atoms with Gasteiger partial charge in [0.05, 0.1) is 9.77 Å². The van der Waals surface area contributed by atoms with Gasteiger partial charge in [0.2, 0.25) is 5.91 Å². The fraction of sp³-hybridized carbons (Fsp3) is 0.500. The second-order valence-electron chi connectivity index (χ2n) is 4.60. The summed E-state index contributed by atoms with van der Waals surface area (Å²) >= 11 is 1.87. The van der Waals surface area contributed by atoms with Crippen molar-refractivity contribution in [2.75, 3.05) is 5.32 Å². The van der Waals surface area contributed by atoms with Gasteiger partial charge in [-0.25, -0.2) is 9.37 Å². The lowest BCUT2D eigenvalue weighted by atomic mass is 9.85. The molecular weight excluding hydrogens is 348 g/mol. The minimum Gasteiger partial charge on any atom is -0.328 e. The first-order chi connectivity index (χ1) is 8.56. The van der Waals surface area contributed by atoms with Crippen molar-refractivity contribution >= 4 is 34.3 Å². The number of carbonyl (C=O) groups excluding carboxylic acids is 1. The minimum atomic E-state index is -0.381. The van der Waals surface area contributed by atoms with Gasteiger partial charge in [-0.1, -0.05) is 6.42 Å². The quantitative estimate of drug-likeness (QED) is 0.793. The van der Waals surface area contributed by atoms with Crippen LogP contribution in [0, 0.1) is 15.3 Å². The number of anilines is 1. The highest BCUT2D eigenvalue weighted by Crippen LogP contribution is 2.24. The number of nitrogens with one attached hydrogen (secondary N) is 1. The minimum absolute atomic E-state index is 0.0572. The van der Waals surface area contributed by atoms with E-state index < -0.39 is 0 Å². The van der Waals surface area contributed by atoms with Crippen LogP contribution in [-0.4, -0.2) is 16.9 Å². The van der Waals surface area contributed by atoms with E-state index in [0.717, 1.165) is 25.5 Å². The average molecular weight is 363 g/mol. The molecule has 1 aromatic heterocycles. The maximum atomic E-state index is 13.0. The standard InChI is InChI=1S/C12H15FIN3O/c13-9-6-16-11(5-10(9)14)17-12(18)7-2-1-3-8(15)4-7/h5-8H,1-4,15H2,(H,16,17,18)/t7-,8+/m0/s1. The fourth-order valence-electron chi connectivity index (χ4n) is 2.18. The Kier molecular flexibility index (Phi) is 4.50. The van der Waals surface area contributed by atoms with Gasteiger partial charge in [0.25, 0.3) is 0 Å². The van der Waals surface area contributed by atoms with E-state index in [0.29, 0.717) is 15.8 Å². The molecule has 1 aliphatic carbocycles. The van der Waals surface area contributed by atoms with Crippen molar-refractivity contribution < 1.29 is 9.18 Å². The summed E-state index contributed by atoms with van der Waals surface area (Å²) in [6, 6.07) is 1.63. The Labute approximate surface area is 119 Å². The predicted molar refractivity (Wildman–Crippen MR) is 75.5 cm³/mol. The van der Waals surface area contributed by atoms with Gasteiger partial charge >= 0.3 is 0 Å². The van der Waals surface area contributed by atoms with Crippen LogP contribution in [0.1, 0.15) is 25.7 Å². The zero-order chi connectivity index (χ0) is 13.1. The highest BCUT2D eigenvalue weighted by molar-refractivity contribution is 14.1. The summed E-state index contributed by atoms with van der Waals surface area (Å²) in [7, 11) is 0. The van der Waals surface area contributed by atoms with Gasteiger partial charge in [-0.15, -0.1) is 0 Å². The Morgan fingerprint density at radius 3 is 3.00 bits per heavy atom. The fourth-order valence-corrected chi connectivity index (χ4v) is 2.61. The number of pyridine rings is 1. The predicted octanol–water partition coefficient (Wildman–Crippen LogP) is 2.28. The lowest BCUT2D eigenvalue weighted by Gasteiger charge is -2.25. The molecule has 0 aromatic carbocycles. The van der Waals surface area contributed by atoms with Crippen molar-refractivity contribution in [1.29, 1.82) is 0 Å². The third-order valence-corrected chi connectivity index (χ3v) is 3.97. The van der Waals surface area contributed by atoms with Gasteiger partial charge in [-0.2, -0.15) is 0 Å².